The molecule has 2 aromatic rings. The van der Waals surface area contributed by atoms with Gasteiger partial charge in [0.2, 0.25) is 0 Å². The molecule has 0 aliphatic heterocycles. The standard InChI is InChI=1S/C13H21N4S.ClH/c1-9(2)15-12-11-14-7-6-8-16(11)13(18-5)17(12)10(3)4;/h6-10,15H,1-5H3;1H/q+1;/p-1. The van der Waals surface area contributed by atoms with Gasteiger partial charge in [-0.25, -0.2) is 14.0 Å². The molecule has 0 spiro atoms. The SMILES string of the molecule is CSc1n2cccnc2c(NC(C)C)[n+]1C(C)C.[Cl-]. The lowest BCUT2D eigenvalue weighted by Crippen LogP contribution is -3.00. The maximum absolute atomic E-state index is 4.51. The number of anilines is 1. The summed E-state index contributed by atoms with van der Waals surface area (Å²) in [5.74, 6) is 1.10. The van der Waals surface area contributed by atoms with Crippen LogP contribution in [0, 0.1) is 0 Å². The zero-order valence-corrected chi connectivity index (χ0v) is 13.6. The maximum Gasteiger partial charge on any atom is 0.283 e. The Bertz CT molecular complexity index is 551. The maximum atomic E-state index is 4.51. The third-order valence-electron chi connectivity index (χ3n) is 2.74. The molecule has 4 nitrogen and oxygen atoms in total. The van der Waals surface area contributed by atoms with Crippen LogP contribution >= 0.6 is 11.8 Å². The van der Waals surface area contributed by atoms with E-state index < -0.39 is 0 Å². The summed E-state index contributed by atoms with van der Waals surface area (Å²) in [6.45, 7) is 8.70. The number of halogens is 1. The Morgan fingerprint density at radius 2 is 2.00 bits per heavy atom. The van der Waals surface area contributed by atoms with Gasteiger partial charge < -0.3 is 12.4 Å². The second-order valence-electron chi connectivity index (χ2n) is 4.91. The Labute approximate surface area is 125 Å². The van der Waals surface area contributed by atoms with Crippen molar-refractivity contribution < 1.29 is 17.0 Å². The zero-order valence-electron chi connectivity index (χ0n) is 12.0. The average Bonchev–Trinajstić information content (AvgIpc) is 2.63. The van der Waals surface area contributed by atoms with Gasteiger partial charge in [-0.05, 0) is 40.0 Å². The van der Waals surface area contributed by atoms with Gasteiger partial charge in [-0.1, -0.05) is 11.8 Å². The van der Waals surface area contributed by atoms with Crippen molar-refractivity contribution in [2.45, 2.75) is 44.9 Å². The number of rotatable bonds is 4. The third-order valence-corrected chi connectivity index (χ3v) is 3.49. The lowest BCUT2D eigenvalue weighted by atomic mass is 10.3. The number of thioether (sulfide) groups is 1. The molecular formula is C13H21ClN4S. The summed E-state index contributed by atoms with van der Waals surface area (Å²) in [7, 11) is 0. The van der Waals surface area contributed by atoms with E-state index in [1.165, 1.54) is 5.16 Å². The molecule has 0 saturated heterocycles. The molecule has 0 unspecified atom stereocenters. The Hall–Kier alpha value is -0.940. The molecule has 2 aromatic heterocycles. The van der Waals surface area contributed by atoms with Gasteiger partial charge in [-0.3, -0.25) is 5.32 Å². The number of imidazole rings is 1. The van der Waals surface area contributed by atoms with Gasteiger partial charge in [0.25, 0.3) is 16.6 Å². The Balaban J connectivity index is 0.00000180. The average molecular weight is 301 g/mol. The summed E-state index contributed by atoms with van der Waals surface area (Å²) < 4.78 is 4.46. The number of hydrogen-bond acceptors (Lipinski definition) is 3. The topological polar surface area (TPSA) is 33.2 Å². The molecule has 0 aliphatic rings. The van der Waals surface area contributed by atoms with E-state index in [2.05, 4.69) is 59.4 Å². The van der Waals surface area contributed by atoms with E-state index in [1.807, 2.05) is 12.3 Å². The van der Waals surface area contributed by atoms with E-state index in [-0.39, 0.29) is 12.4 Å². The molecule has 2 heterocycles. The summed E-state index contributed by atoms with van der Waals surface area (Å²) in [6.07, 6.45) is 6.01. The van der Waals surface area contributed by atoms with E-state index in [0.717, 1.165) is 11.5 Å². The second kappa shape index (κ2) is 6.48. The van der Waals surface area contributed by atoms with Gasteiger partial charge in [-0.15, -0.1) is 0 Å². The van der Waals surface area contributed by atoms with Crippen molar-refractivity contribution in [2.75, 3.05) is 11.6 Å². The number of nitrogens with zero attached hydrogens (tertiary/aromatic N) is 3. The first-order chi connectivity index (χ1) is 8.56. The van der Waals surface area contributed by atoms with Crippen molar-refractivity contribution in [1.82, 2.24) is 9.38 Å². The van der Waals surface area contributed by atoms with E-state index in [4.69, 9.17) is 0 Å². The van der Waals surface area contributed by atoms with E-state index in [9.17, 15) is 0 Å². The van der Waals surface area contributed by atoms with E-state index >= 15 is 0 Å². The summed E-state index contributed by atoms with van der Waals surface area (Å²) >= 11 is 1.75. The van der Waals surface area contributed by atoms with Crippen LogP contribution in [0.25, 0.3) is 5.65 Å². The molecule has 6 heteroatoms. The number of nitrogens with one attached hydrogen (secondary N) is 1. The quantitative estimate of drug-likeness (QED) is 0.624. The number of aromatic nitrogens is 3. The molecule has 0 amide bonds. The molecule has 0 aromatic carbocycles. The minimum atomic E-state index is 0. The van der Waals surface area contributed by atoms with E-state index in [1.54, 1.807) is 11.8 Å². The summed E-state index contributed by atoms with van der Waals surface area (Å²) in [4.78, 5) is 4.51. The molecule has 0 atom stereocenters. The smallest absolute Gasteiger partial charge is 0.283 e. The fraction of sp³-hybridized carbons (Fsp3) is 0.538. The Kier molecular flexibility index (Phi) is 5.50. The molecule has 0 radical (unpaired) electrons. The van der Waals surface area contributed by atoms with Crippen molar-refractivity contribution in [3.8, 4) is 0 Å². The Morgan fingerprint density at radius 3 is 2.53 bits per heavy atom. The van der Waals surface area contributed by atoms with Crippen molar-refractivity contribution in [3.05, 3.63) is 18.5 Å². The molecule has 0 fully saturated rings. The first-order valence-electron chi connectivity index (χ1n) is 6.27. The molecule has 1 N–H and O–H groups in total. The summed E-state index contributed by atoms with van der Waals surface area (Å²) in [5, 5.41) is 4.72. The van der Waals surface area contributed by atoms with Crippen molar-refractivity contribution in [1.29, 1.82) is 0 Å². The fourth-order valence-electron chi connectivity index (χ4n) is 2.10. The highest BCUT2D eigenvalue weighted by Gasteiger charge is 2.27. The van der Waals surface area contributed by atoms with Gasteiger partial charge in [-0.2, -0.15) is 0 Å². The molecular weight excluding hydrogens is 280 g/mol. The van der Waals surface area contributed by atoms with Crippen LogP contribution in [0.3, 0.4) is 0 Å². The number of hydrogen-bond donors (Lipinski definition) is 1. The predicted octanol–water partition coefficient (Wildman–Crippen LogP) is -0.251. The van der Waals surface area contributed by atoms with Crippen LogP contribution in [0.1, 0.15) is 33.7 Å². The number of fused-ring (bicyclic) bond motifs is 1. The Morgan fingerprint density at radius 1 is 1.32 bits per heavy atom. The highest BCUT2D eigenvalue weighted by Crippen LogP contribution is 2.22. The minimum absolute atomic E-state index is 0. The van der Waals surface area contributed by atoms with Crippen LogP contribution in [-0.4, -0.2) is 21.7 Å². The second-order valence-corrected chi connectivity index (χ2v) is 5.68. The van der Waals surface area contributed by atoms with Gasteiger partial charge >= 0.3 is 0 Å². The monoisotopic (exact) mass is 300 g/mol. The highest BCUT2D eigenvalue weighted by atomic mass is 35.5. The van der Waals surface area contributed by atoms with Crippen LogP contribution in [0.2, 0.25) is 0 Å². The van der Waals surface area contributed by atoms with Crippen molar-refractivity contribution >= 4 is 23.2 Å². The minimum Gasteiger partial charge on any atom is -1.00 e. The molecule has 0 aliphatic carbocycles. The van der Waals surface area contributed by atoms with Gasteiger partial charge in [0.1, 0.15) is 0 Å². The molecule has 0 saturated carbocycles. The molecule has 2 rings (SSSR count). The lowest BCUT2D eigenvalue weighted by Gasteiger charge is -2.10. The highest BCUT2D eigenvalue weighted by molar-refractivity contribution is 7.98. The zero-order chi connectivity index (χ0) is 13.3. The van der Waals surface area contributed by atoms with Crippen LogP contribution < -0.4 is 22.3 Å². The van der Waals surface area contributed by atoms with Crippen LogP contribution in [0.4, 0.5) is 5.82 Å². The first-order valence-corrected chi connectivity index (χ1v) is 7.49. The van der Waals surface area contributed by atoms with Crippen LogP contribution in [-0.2, 0) is 0 Å². The molecule has 19 heavy (non-hydrogen) atoms. The van der Waals surface area contributed by atoms with Gasteiger partial charge in [0.05, 0.1) is 18.3 Å². The van der Waals surface area contributed by atoms with Crippen molar-refractivity contribution in [3.63, 3.8) is 0 Å². The summed E-state index contributed by atoms with van der Waals surface area (Å²) in [5.41, 5.74) is 0.990. The van der Waals surface area contributed by atoms with Crippen LogP contribution in [0.5, 0.6) is 0 Å². The normalized spacial score (nSPS) is 11.1. The van der Waals surface area contributed by atoms with Crippen LogP contribution in [0.15, 0.2) is 23.6 Å². The van der Waals surface area contributed by atoms with Crippen molar-refractivity contribution in [2.24, 2.45) is 0 Å². The van der Waals surface area contributed by atoms with Gasteiger partial charge in [0.15, 0.2) is 0 Å². The molecule has 0 bridgehead atoms. The largest absolute Gasteiger partial charge is 1.00 e. The molecule has 106 valence electrons. The summed E-state index contributed by atoms with van der Waals surface area (Å²) in [6, 6.07) is 2.75. The fourth-order valence-corrected chi connectivity index (χ4v) is 2.95. The van der Waals surface area contributed by atoms with E-state index in [0.29, 0.717) is 12.1 Å². The third kappa shape index (κ3) is 2.98. The first kappa shape index (κ1) is 16.1. The predicted molar refractivity (Wildman–Crippen MR) is 76.3 cm³/mol. The van der Waals surface area contributed by atoms with Gasteiger partial charge in [0, 0.05) is 6.20 Å². The lowest BCUT2D eigenvalue weighted by molar-refractivity contribution is -0.737.